The summed E-state index contributed by atoms with van der Waals surface area (Å²) in [5.41, 5.74) is 3.42. The van der Waals surface area contributed by atoms with Crippen LogP contribution in [-0.2, 0) is 28.1 Å². The van der Waals surface area contributed by atoms with Crippen LogP contribution in [0.5, 0.6) is 5.75 Å². The van der Waals surface area contributed by atoms with Gasteiger partial charge in [0.15, 0.2) is 11.2 Å². The molecule has 3 aromatic rings. The van der Waals surface area contributed by atoms with Gasteiger partial charge in [0.05, 0.1) is 51.9 Å². The van der Waals surface area contributed by atoms with Crippen LogP contribution in [0.25, 0.3) is 11.1 Å². The number of halogens is 4. The summed E-state index contributed by atoms with van der Waals surface area (Å²) >= 11 is 5.97. The SMILES string of the molecule is CC1(C)Oc2cc(-c3c(C(N)=O)c(CC4CC4)nc4c3C(=O)O[C@]4(C)CC(F)(F)F)ccc2N(Cc2ccc(Cl)cn2)C1=O. The highest BCUT2D eigenvalue weighted by Gasteiger charge is 2.52. The molecular weight excluding hydrogens is 601 g/mol. The van der Waals surface area contributed by atoms with Crippen LogP contribution in [0.3, 0.4) is 0 Å². The van der Waals surface area contributed by atoms with Crippen molar-refractivity contribution in [3.8, 4) is 16.9 Å². The standard InChI is InChI=1S/C31H28ClF3N4O5/c1-29(2)28(42)39(13-18-8-7-17(32)12-37-18)20-9-6-16(11-21(20)43-29)22-23(26(36)40)19(10-15-4-5-15)38-25-24(22)27(41)44-30(25,3)14-31(33,34)35/h6-9,11-12,15H,4-5,10,13-14H2,1-3H3,(H2,36,40)/t30-/m1/s1. The number of nitrogens with two attached hydrogens (primary N) is 1. The summed E-state index contributed by atoms with van der Waals surface area (Å²) in [6.07, 6.45) is -2.61. The van der Waals surface area contributed by atoms with E-state index in [1.54, 1.807) is 44.2 Å². The molecule has 0 radical (unpaired) electrons. The van der Waals surface area contributed by atoms with E-state index < -0.39 is 35.7 Å². The minimum absolute atomic E-state index is 0.0288. The highest BCUT2D eigenvalue weighted by atomic mass is 35.5. The fourth-order valence-electron chi connectivity index (χ4n) is 5.87. The van der Waals surface area contributed by atoms with Crippen molar-refractivity contribution in [3.63, 3.8) is 0 Å². The summed E-state index contributed by atoms with van der Waals surface area (Å²) in [5.74, 6) is -1.83. The normalized spacial score (nSPS) is 20.6. The number of amides is 2. The monoisotopic (exact) mass is 628 g/mol. The Kier molecular flexibility index (Phi) is 6.91. The van der Waals surface area contributed by atoms with Crippen LogP contribution in [0, 0.1) is 5.92 Å². The minimum Gasteiger partial charge on any atom is -0.476 e. The van der Waals surface area contributed by atoms with E-state index in [2.05, 4.69) is 9.97 Å². The first-order valence-corrected chi connectivity index (χ1v) is 14.4. The van der Waals surface area contributed by atoms with Crippen LogP contribution >= 0.6 is 11.6 Å². The van der Waals surface area contributed by atoms with Gasteiger partial charge in [0.2, 0.25) is 0 Å². The summed E-state index contributed by atoms with van der Waals surface area (Å²) in [6.45, 7) is 4.46. The number of fused-ring (bicyclic) bond motifs is 2. The highest BCUT2D eigenvalue weighted by Crippen LogP contribution is 2.49. The number of anilines is 1. The van der Waals surface area contributed by atoms with E-state index in [1.165, 1.54) is 18.0 Å². The van der Waals surface area contributed by atoms with Crippen molar-refractivity contribution < 1.29 is 37.0 Å². The van der Waals surface area contributed by atoms with Crippen LogP contribution in [0.15, 0.2) is 36.5 Å². The number of carbonyl (C=O) groups excluding carboxylic acids is 3. The maximum absolute atomic E-state index is 13.7. The lowest BCUT2D eigenvalue weighted by molar-refractivity contribution is -0.173. The molecular formula is C31H28ClF3N4O5. The first-order valence-electron chi connectivity index (χ1n) is 14.0. The van der Waals surface area contributed by atoms with Crippen LogP contribution < -0.4 is 15.4 Å². The molecule has 6 rings (SSSR count). The molecule has 9 nitrogen and oxygen atoms in total. The number of benzene rings is 1. The molecule has 0 spiro atoms. The first-order chi connectivity index (χ1) is 20.6. The van der Waals surface area contributed by atoms with Gasteiger partial charge in [-0.1, -0.05) is 17.7 Å². The minimum atomic E-state index is -4.67. The van der Waals surface area contributed by atoms with Gasteiger partial charge >= 0.3 is 12.1 Å². The van der Waals surface area contributed by atoms with E-state index in [4.69, 9.17) is 26.8 Å². The molecule has 0 bridgehead atoms. The maximum Gasteiger partial charge on any atom is 0.393 e. The fourth-order valence-corrected chi connectivity index (χ4v) is 5.98. The zero-order valence-electron chi connectivity index (χ0n) is 24.0. The first kappa shape index (κ1) is 29.9. The molecule has 1 aromatic carbocycles. The molecule has 230 valence electrons. The van der Waals surface area contributed by atoms with Gasteiger partial charge in [-0.05, 0) is 75.8 Å². The van der Waals surface area contributed by atoms with E-state index in [9.17, 15) is 27.6 Å². The van der Waals surface area contributed by atoms with Gasteiger partial charge < -0.3 is 15.2 Å². The molecule has 4 heterocycles. The summed E-state index contributed by atoms with van der Waals surface area (Å²) in [5, 5.41) is 0.438. The Morgan fingerprint density at radius 3 is 2.45 bits per heavy atom. The number of pyridine rings is 2. The lowest BCUT2D eigenvalue weighted by atomic mass is 9.86. The summed E-state index contributed by atoms with van der Waals surface area (Å²) in [7, 11) is 0. The maximum atomic E-state index is 13.7. The zero-order valence-corrected chi connectivity index (χ0v) is 24.8. The Bertz CT molecular complexity index is 1720. The predicted molar refractivity (Wildman–Crippen MR) is 153 cm³/mol. The van der Waals surface area contributed by atoms with Crippen LogP contribution in [0.2, 0.25) is 5.02 Å². The predicted octanol–water partition coefficient (Wildman–Crippen LogP) is 5.89. The third kappa shape index (κ3) is 5.36. The Balaban J connectivity index is 1.54. The number of hydrogen-bond donors (Lipinski definition) is 1. The third-order valence-corrected chi connectivity index (χ3v) is 8.26. The molecule has 0 saturated heterocycles. The lowest BCUT2D eigenvalue weighted by Gasteiger charge is -2.39. The van der Waals surface area contributed by atoms with Crippen molar-refractivity contribution >= 4 is 35.1 Å². The van der Waals surface area contributed by atoms with Crippen LogP contribution in [0.4, 0.5) is 18.9 Å². The van der Waals surface area contributed by atoms with E-state index >= 15 is 0 Å². The molecule has 2 aliphatic heterocycles. The number of nitrogens with zero attached hydrogens (tertiary/aromatic N) is 3. The van der Waals surface area contributed by atoms with Crippen molar-refractivity contribution in [2.75, 3.05) is 4.90 Å². The summed E-state index contributed by atoms with van der Waals surface area (Å²) in [4.78, 5) is 50.0. The van der Waals surface area contributed by atoms with E-state index in [0.717, 1.165) is 12.8 Å². The van der Waals surface area contributed by atoms with Crippen molar-refractivity contribution in [2.45, 2.75) is 70.4 Å². The van der Waals surface area contributed by atoms with Gasteiger partial charge in [0, 0.05) is 11.8 Å². The largest absolute Gasteiger partial charge is 0.476 e. The van der Waals surface area contributed by atoms with Gasteiger partial charge in [0.25, 0.3) is 11.8 Å². The number of carbonyl (C=O) groups is 3. The molecule has 0 unspecified atom stereocenters. The topological polar surface area (TPSA) is 125 Å². The van der Waals surface area contributed by atoms with Gasteiger partial charge in [-0.15, -0.1) is 0 Å². The number of hydrogen-bond acceptors (Lipinski definition) is 7. The second kappa shape index (κ2) is 10.2. The number of rotatable bonds is 7. The quantitative estimate of drug-likeness (QED) is 0.324. The second-order valence-electron chi connectivity index (χ2n) is 12.1. The molecule has 1 fully saturated rings. The highest BCUT2D eigenvalue weighted by molar-refractivity contribution is 6.30. The van der Waals surface area contributed by atoms with E-state index in [0.29, 0.717) is 22.8 Å². The Morgan fingerprint density at radius 1 is 1.11 bits per heavy atom. The Morgan fingerprint density at radius 2 is 1.84 bits per heavy atom. The lowest BCUT2D eigenvalue weighted by Crippen LogP contribution is -2.52. The number of cyclic esters (lactones) is 1. The van der Waals surface area contributed by atoms with Gasteiger partial charge in [-0.3, -0.25) is 24.5 Å². The molecule has 2 N–H and O–H groups in total. The molecule has 3 aliphatic rings. The number of ether oxygens (including phenoxy) is 2. The van der Waals surface area contributed by atoms with Crippen LogP contribution in [0.1, 0.15) is 77.8 Å². The van der Waals surface area contributed by atoms with Crippen molar-refractivity contribution in [3.05, 3.63) is 69.8 Å². The van der Waals surface area contributed by atoms with Gasteiger partial charge in [0.1, 0.15) is 5.75 Å². The van der Waals surface area contributed by atoms with E-state index in [1.807, 2.05) is 0 Å². The Labute approximate surface area is 255 Å². The smallest absolute Gasteiger partial charge is 0.393 e. The molecule has 1 saturated carbocycles. The average molecular weight is 629 g/mol. The van der Waals surface area contributed by atoms with E-state index in [-0.39, 0.29) is 57.8 Å². The van der Waals surface area contributed by atoms with Gasteiger partial charge in [-0.25, -0.2) is 4.79 Å². The van der Waals surface area contributed by atoms with Crippen molar-refractivity contribution in [1.82, 2.24) is 9.97 Å². The van der Waals surface area contributed by atoms with Gasteiger partial charge in [-0.2, -0.15) is 13.2 Å². The average Bonchev–Trinajstić information content (AvgIpc) is 3.69. The molecule has 1 atom stereocenters. The molecule has 1 aliphatic carbocycles. The molecule has 44 heavy (non-hydrogen) atoms. The van der Waals surface area contributed by atoms with Crippen molar-refractivity contribution in [1.29, 1.82) is 0 Å². The Hall–Kier alpha value is -4.19. The number of esters is 1. The van der Waals surface area contributed by atoms with Crippen molar-refractivity contribution in [2.24, 2.45) is 11.7 Å². The molecule has 2 amide bonds. The number of aromatic nitrogens is 2. The molecule has 2 aromatic heterocycles. The summed E-state index contributed by atoms with van der Waals surface area (Å²) in [6, 6.07) is 8.04. The number of alkyl halides is 3. The van der Waals surface area contributed by atoms with Crippen LogP contribution in [-0.4, -0.2) is 39.5 Å². The molecule has 13 heteroatoms. The third-order valence-electron chi connectivity index (χ3n) is 8.03. The second-order valence-corrected chi connectivity index (χ2v) is 12.5. The summed E-state index contributed by atoms with van der Waals surface area (Å²) < 4.78 is 52.5. The zero-order chi connectivity index (χ0) is 31.8. The fraction of sp³-hybridized carbons (Fsp3) is 0.387. The number of primary amides is 1.